The molecule has 3 rings (SSSR count). The third kappa shape index (κ3) is 4.26. The molecule has 0 aliphatic carbocycles. The first-order valence-electron chi connectivity index (χ1n) is 8.56. The molecular formula is C21H20ClN3O2. The molecule has 0 unspecified atom stereocenters. The maximum atomic E-state index is 12.7. The van der Waals surface area contributed by atoms with Crippen LogP contribution in [-0.4, -0.2) is 21.5 Å². The summed E-state index contributed by atoms with van der Waals surface area (Å²) in [5, 5.41) is 7.51. The largest absolute Gasteiger partial charge is 0.322 e. The number of carbonyl (C=O) groups is 2. The third-order valence-corrected chi connectivity index (χ3v) is 4.68. The van der Waals surface area contributed by atoms with Gasteiger partial charge in [0, 0.05) is 11.3 Å². The van der Waals surface area contributed by atoms with Crippen LogP contribution in [0.15, 0.2) is 48.5 Å². The van der Waals surface area contributed by atoms with Crippen molar-refractivity contribution in [2.45, 2.75) is 27.3 Å². The molecule has 3 aromatic rings. The van der Waals surface area contributed by atoms with Crippen molar-refractivity contribution in [3.05, 3.63) is 81.6 Å². The van der Waals surface area contributed by atoms with E-state index < -0.39 is 0 Å². The van der Waals surface area contributed by atoms with Crippen LogP contribution >= 0.6 is 11.6 Å². The predicted molar refractivity (Wildman–Crippen MR) is 107 cm³/mol. The zero-order valence-electron chi connectivity index (χ0n) is 15.4. The maximum Gasteiger partial charge on any atom is 0.260 e. The molecule has 5 nitrogen and oxygen atoms in total. The molecule has 1 amide bonds. The van der Waals surface area contributed by atoms with E-state index in [2.05, 4.69) is 10.4 Å². The van der Waals surface area contributed by atoms with E-state index in [1.165, 1.54) is 12.5 Å². The molecule has 1 aromatic heterocycles. The summed E-state index contributed by atoms with van der Waals surface area (Å²) in [6.45, 7) is 5.77. The van der Waals surface area contributed by atoms with Gasteiger partial charge in [0.25, 0.3) is 5.91 Å². The van der Waals surface area contributed by atoms with E-state index in [4.69, 9.17) is 11.6 Å². The maximum absolute atomic E-state index is 12.7. The zero-order chi connectivity index (χ0) is 19.6. The molecule has 2 aromatic carbocycles. The predicted octanol–water partition coefficient (Wildman–Crippen LogP) is 4.66. The van der Waals surface area contributed by atoms with E-state index in [0.29, 0.717) is 34.2 Å². The van der Waals surface area contributed by atoms with Gasteiger partial charge in [-0.1, -0.05) is 41.4 Å². The topological polar surface area (TPSA) is 64.0 Å². The van der Waals surface area contributed by atoms with E-state index in [1.807, 2.05) is 31.2 Å². The van der Waals surface area contributed by atoms with Gasteiger partial charge in [0.05, 0.1) is 17.8 Å². The van der Waals surface area contributed by atoms with Crippen molar-refractivity contribution in [1.82, 2.24) is 9.78 Å². The summed E-state index contributed by atoms with van der Waals surface area (Å²) in [5.74, 6) is -0.354. The smallest absolute Gasteiger partial charge is 0.260 e. The lowest BCUT2D eigenvalue weighted by Gasteiger charge is -2.07. The van der Waals surface area contributed by atoms with Gasteiger partial charge in [-0.25, -0.2) is 4.68 Å². The van der Waals surface area contributed by atoms with Gasteiger partial charge in [-0.2, -0.15) is 5.10 Å². The van der Waals surface area contributed by atoms with Crippen molar-refractivity contribution in [2.24, 2.45) is 0 Å². The molecule has 138 valence electrons. The molecule has 0 saturated heterocycles. The summed E-state index contributed by atoms with van der Waals surface area (Å²) in [4.78, 5) is 24.0. The highest BCUT2D eigenvalue weighted by atomic mass is 35.5. The molecule has 0 radical (unpaired) electrons. The van der Waals surface area contributed by atoms with Crippen molar-refractivity contribution >= 4 is 29.0 Å². The number of ketones is 1. The molecule has 6 heteroatoms. The molecule has 0 aliphatic rings. The lowest BCUT2D eigenvalue weighted by Crippen LogP contribution is -2.13. The zero-order valence-corrected chi connectivity index (χ0v) is 16.2. The number of amides is 1. The minimum atomic E-state index is -0.330. The molecule has 1 N–H and O–H groups in total. The van der Waals surface area contributed by atoms with Gasteiger partial charge in [0.15, 0.2) is 5.78 Å². The lowest BCUT2D eigenvalue weighted by atomic mass is 10.1. The highest BCUT2D eigenvalue weighted by Gasteiger charge is 2.20. The molecular weight excluding hydrogens is 362 g/mol. The van der Waals surface area contributed by atoms with Crippen LogP contribution in [0.25, 0.3) is 0 Å². The number of hydrogen-bond acceptors (Lipinski definition) is 3. The van der Waals surface area contributed by atoms with E-state index in [0.717, 1.165) is 5.56 Å². The van der Waals surface area contributed by atoms with E-state index in [1.54, 1.807) is 35.9 Å². The summed E-state index contributed by atoms with van der Waals surface area (Å²) < 4.78 is 1.62. The number of aryl methyl sites for hydroxylation is 2. The molecule has 1 heterocycles. The molecule has 0 spiro atoms. The fourth-order valence-electron chi connectivity index (χ4n) is 2.76. The second-order valence-electron chi connectivity index (χ2n) is 6.48. The Kier molecular flexibility index (Phi) is 5.42. The summed E-state index contributed by atoms with van der Waals surface area (Å²) >= 11 is 6.43. The number of aromatic nitrogens is 2. The van der Waals surface area contributed by atoms with Crippen molar-refractivity contribution in [2.75, 3.05) is 5.32 Å². The summed E-state index contributed by atoms with van der Waals surface area (Å²) in [7, 11) is 0. The Bertz CT molecular complexity index is 990. The van der Waals surface area contributed by atoms with Gasteiger partial charge in [0.1, 0.15) is 5.15 Å². The van der Waals surface area contributed by atoms with E-state index in [9.17, 15) is 9.59 Å². The van der Waals surface area contributed by atoms with Crippen molar-refractivity contribution in [3.8, 4) is 0 Å². The Labute approximate surface area is 163 Å². The van der Waals surface area contributed by atoms with Gasteiger partial charge in [-0.3, -0.25) is 9.59 Å². The third-order valence-electron chi connectivity index (χ3n) is 4.29. The first kappa shape index (κ1) is 18.9. The number of nitrogens with zero attached hydrogens (tertiary/aromatic N) is 2. The molecule has 0 bridgehead atoms. The standard InChI is InChI=1S/C21H20ClN3O2/c1-13-4-6-16(7-5-13)12-25-20(22)19(14(2)24-25)21(27)23-18-10-8-17(9-11-18)15(3)26/h4-11H,12H2,1-3H3,(H,23,27). The van der Waals surface area contributed by atoms with Gasteiger partial charge < -0.3 is 5.32 Å². The average Bonchev–Trinajstić information content (AvgIpc) is 2.91. The molecule has 0 fully saturated rings. The Balaban J connectivity index is 1.79. The van der Waals surface area contributed by atoms with Crippen LogP contribution in [0, 0.1) is 13.8 Å². The number of rotatable bonds is 5. The fraction of sp³-hybridized carbons (Fsp3) is 0.190. The second kappa shape index (κ2) is 7.76. The number of Topliss-reactive ketones (excluding diaryl/α,β-unsaturated/α-hetero) is 1. The minimum absolute atomic E-state index is 0.0239. The fourth-order valence-corrected chi connectivity index (χ4v) is 3.08. The number of nitrogens with one attached hydrogen (secondary N) is 1. The normalized spacial score (nSPS) is 10.7. The van der Waals surface area contributed by atoms with Crippen molar-refractivity contribution < 1.29 is 9.59 Å². The SMILES string of the molecule is CC(=O)c1ccc(NC(=O)c2c(C)nn(Cc3ccc(C)cc3)c2Cl)cc1. The quantitative estimate of drug-likeness (QED) is 0.654. The van der Waals surface area contributed by atoms with Gasteiger partial charge in [-0.15, -0.1) is 0 Å². The van der Waals surface area contributed by atoms with Crippen LogP contribution in [0.2, 0.25) is 5.15 Å². The Morgan fingerprint density at radius 3 is 2.26 bits per heavy atom. The van der Waals surface area contributed by atoms with Gasteiger partial charge >= 0.3 is 0 Å². The van der Waals surface area contributed by atoms with Crippen molar-refractivity contribution in [3.63, 3.8) is 0 Å². The summed E-state index contributed by atoms with van der Waals surface area (Å²) in [5.41, 5.74) is 4.32. The van der Waals surface area contributed by atoms with Gasteiger partial charge in [-0.05, 0) is 50.6 Å². The first-order chi connectivity index (χ1) is 12.8. The average molecular weight is 382 g/mol. The Morgan fingerprint density at radius 1 is 1.04 bits per heavy atom. The number of halogens is 1. The van der Waals surface area contributed by atoms with Crippen molar-refractivity contribution in [1.29, 1.82) is 0 Å². The van der Waals surface area contributed by atoms with Gasteiger partial charge in [0.2, 0.25) is 0 Å². The Hall–Kier alpha value is -2.92. The first-order valence-corrected chi connectivity index (χ1v) is 8.93. The second-order valence-corrected chi connectivity index (χ2v) is 6.84. The van der Waals surface area contributed by atoms with Crippen LogP contribution in [0.3, 0.4) is 0 Å². The number of hydrogen-bond donors (Lipinski definition) is 1. The van der Waals surface area contributed by atoms with E-state index in [-0.39, 0.29) is 11.7 Å². The van der Waals surface area contributed by atoms with Crippen LogP contribution in [0.4, 0.5) is 5.69 Å². The number of anilines is 1. The minimum Gasteiger partial charge on any atom is -0.322 e. The molecule has 0 aliphatic heterocycles. The van der Waals surface area contributed by atoms with Crippen LogP contribution < -0.4 is 5.32 Å². The van der Waals surface area contributed by atoms with Crippen LogP contribution in [0.1, 0.15) is 44.5 Å². The summed E-state index contributed by atoms with van der Waals surface area (Å²) in [6, 6.07) is 14.8. The number of benzene rings is 2. The number of carbonyl (C=O) groups excluding carboxylic acids is 2. The Morgan fingerprint density at radius 2 is 1.67 bits per heavy atom. The highest BCUT2D eigenvalue weighted by Crippen LogP contribution is 2.23. The summed E-state index contributed by atoms with van der Waals surface area (Å²) in [6.07, 6.45) is 0. The monoisotopic (exact) mass is 381 g/mol. The van der Waals surface area contributed by atoms with Crippen LogP contribution in [0.5, 0.6) is 0 Å². The van der Waals surface area contributed by atoms with E-state index >= 15 is 0 Å². The molecule has 0 atom stereocenters. The molecule has 0 saturated carbocycles. The lowest BCUT2D eigenvalue weighted by molar-refractivity contribution is 0.101. The molecule has 27 heavy (non-hydrogen) atoms. The van der Waals surface area contributed by atoms with Crippen LogP contribution in [-0.2, 0) is 6.54 Å². The highest BCUT2D eigenvalue weighted by molar-refractivity contribution is 6.33.